The lowest BCUT2D eigenvalue weighted by molar-refractivity contribution is -0.280. The molecule has 0 bridgehead atoms. The average Bonchev–Trinajstić information content (AvgIpc) is 3.48. The fraction of sp³-hybridized carbons (Fsp3) is 0.154. The standard InChI is InChI=1S/C26H4F12N8O4/c27-23(28,29)47-15-3-16(48-24(30,31)32)44-21(43-15)13-1-11-12(20(13)10(7-41)8-42)2-14(19(11)9(5-39)6-40)22-45-17(49-25(33,34)35)4-18(46-22)50-26(36,37)38/h1-4H. The largest absolute Gasteiger partial charge is 0.574 e. The van der Waals surface area contributed by atoms with Crippen LogP contribution in [0.5, 0.6) is 23.5 Å². The molecule has 2 aromatic rings. The maximum Gasteiger partial charge on any atom is 0.574 e. The Morgan fingerprint density at radius 1 is 0.460 bits per heavy atom. The summed E-state index contributed by atoms with van der Waals surface area (Å²) in [7, 11) is 0. The van der Waals surface area contributed by atoms with E-state index in [2.05, 4.69) is 38.9 Å². The summed E-state index contributed by atoms with van der Waals surface area (Å²) in [5.74, 6) is -8.67. The van der Waals surface area contributed by atoms with Crippen LogP contribution in [0.15, 0.2) is 57.7 Å². The molecule has 2 aromatic heterocycles. The molecule has 2 aliphatic rings. The second-order valence-corrected chi connectivity index (χ2v) is 8.82. The van der Waals surface area contributed by atoms with Gasteiger partial charge in [0.05, 0.1) is 12.1 Å². The minimum atomic E-state index is -5.55. The minimum absolute atomic E-state index is 0.0270. The van der Waals surface area contributed by atoms with E-state index in [9.17, 15) is 73.7 Å². The normalized spacial score (nSPS) is 14.4. The summed E-state index contributed by atoms with van der Waals surface area (Å²) in [6.45, 7) is 0. The highest BCUT2D eigenvalue weighted by Crippen LogP contribution is 2.51. The Labute approximate surface area is 266 Å². The second kappa shape index (κ2) is 12.7. The molecular formula is C26H4F12N8O4. The number of hydrogen-bond acceptors (Lipinski definition) is 12. The highest BCUT2D eigenvalue weighted by Gasteiger charge is 2.41. The summed E-state index contributed by atoms with van der Waals surface area (Å²) in [5, 5.41) is 38.6. The molecule has 2 aliphatic carbocycles. The van der Waals surface area contributed by atoms with Gasteiger partial charge in [-0.05, 0) is 23.3 Å². The van der Waals surface area contributed by atoms with Gasteiger partial charge in [0.25, 0.3) is 0 Å². The molecule has 0 atom stereocenters. The molecule has 0 fully saturated rings. The summed E-state index contributed by atoms with van der Waals surface area (Å²) >= 11 is 0. The Hall–Kier alpha value is -6.82. The number of aromatic nitrogens is 4. The predicted molar refractivity (Wildman–Crippen MR) is 130 cm³/mol. The van der Waals surface area contributed by atoms with Crippen LogP contribution in [-0.2, 0) is 0 Å². The van der Waals surface area contributed by atoms with Crippen molar-refractivity contribution in [3.8, 4) is 47.8 Å². The van der Waals surface area contributed by atoms with Crippen LogP contribution in [0.2, 0.25) is 0 Å². The molecule has 0 N–H and O–H groups in total. The van der Waals surface area contributed by atoms with Crippen LogP contribution in [-0.4, -0.2) is 45.4 Å². The summed E-state index contributed by atoms with van der Waals surface area (Å²) < 4.78 is 170. The van der Waals surface area contributed by atoms with Crippen LogP contribution in [0.4, 0.5) is 52.7 Å². The maximum atomic E-state index is 13.0. The quantitative estimate of drug-likeness (QED) is 0.239. The molecule has 50 heavy (non-hydrogen) atoms. The van der Waals surface area contributed by atoms with Gasteiger partial charge in [-0.2, -0.15) is 41.0 Å². The van der Waals surface area contributed by atoms with Crippen molar-refractivity contribution in [1.82, 2.24) is 19.9 Å². The van der Waals surface area contributed by atoms with Crippen molar-refractivity contribution in [2.75, 3.05) is 0 Å². The second-order valence-electron chi connectivity index (χ2n) is 8.82. The lowest BCUT2D eigenvalue weighted by atomic mass is 9.96. The average molecular weight is 720 g/mol. The smallest absolute Gasteiger partial charge is 0.388 e. The van der Waals surface area contributed by atoms with Crippen LogP contribution in [0.25, 0.3) is 11.1 Å². The van der Waals surface area contributed by atoms with Gasteiger partial charge in [-0.1, -0.05) is 0 Å². The predicted octanol–water partition coefficient (Wildman–Crippen LogP) is 6.34. The van der Waals surface area contributed by atoms with Gasteiger partial charge in [-0.25, -0.2) is 0 Å². The van der Waals surface area contributed by atoms with Gasteiger partial charge in [-0.3, -0.25) is 0 Å². The molecule has 0 saturated carbocycles. The Kier molecular flexibility index (Phi) is 9.12. The number of hydrogen-bond donors (Lipinski definition) is 0. The van der Waals surface area contributed by atoms with Crippen LogP contribution in [0.1, 0.15) is 11.6 Å². The van der Waals surface area contributed by atoms with Crippen LogP contribution < -0.4 is 18.9 Å². The Morgan fingerprint density at radius 2 is 0.700 bits per heavy atom. The zero-order chi connectivity index (χ0) is 37.4. The zero-order valence-electron chi connectivity index (χ0n) is 23.1. The van der Waals surface area contributed by atoms with E-state index < -0.39 is 105 Å². The third-order valence-electron chi connectivity index (χ3n) is 5.61. The van der Waals surface area contributed by atoms with Crippen molar-refractivity contribution in [3.05, 3.63) is 69.4 Å². The van der Waals surface area contributed by atoms with Crippen molar-refractivity contribution >= 4 is 11.1 Å². The van der Waals surface area contributed by atoms with Crippen molar-refractivity contribution in [2.24, 2.45) is 0 Å². The SMILES string of the molecule is N#CC(C#N)=C1C(c2nc(OC(F)(F)F)cc(OC(F)(F)F)n2)=CC2=C1C=C(c1nc(OC(F)(F)F)cc(OC(F)(F)F)n1)C2=C(C#N)C#N. The first-order valence-corrected chi connectivity index (χ1v) is 12.1. The third kappa shape index (κ3) is 8.36. The molecule has 0 spiro atoms. The number of halogens is 12. The minimum Gasteiger partial charge on any atom is -0.388 e. The molecule has 24 heteroatoms. The van der Waals surface area contributed by atoms with Gasteiger partial charge >= 0.3 is 25.4 Å². The number of allylic oxidation sites excluding steroid dienone is 10. The molecule has 12 nitrogen and oxygen atoms in total. The highest BCUT2D eigenvalue weighted by atomic mass is 19.4. The Bertz CT molecular complexity index is 1860. The molecule has 0 aliphatic heterocycles. The molecule has 256 valence electrons. The number of rotatable bonds is 6. The number of alkyl halides is 12. The van der Waals surface area contributed by atoms with Gasteiger partial charge in [0.2, 0.25) is 23.5 Å². The van der Waals surface area contributed by atoms with Crippen molar-refractivity contribution in [2.45, 2.75) is 25.4 Å². The summed E-state index contributed by atoms with van der Waals surface area (Å²) in [6, 6.07) is 5.45. The van der Waals surface area contributed by atoms with E-state index >= 15 is 0 Å². The molecule has 2 heterocycles. The van der Waals surface area contributed by atoms with Gasteiger partial charge in [0, 0.05) is 22.3 Å². The summed E-state index contributed by atoms with van der Waals surface area (Å²) in [4.78, 5) is 13.4. The Morgan fingerprint density at radius 3 is 0.900 bits per heavy atom. The van der Waals surface area contributed by atoms with Gasteiger partial charge in [0.15, 0.2) is 11.6 Å². The molecule has 0 saturated heterocycles. The fourth-order valence-electron chi connectivity index (χ4n) is 4.19. The lowest BCUT2D eigenvalue weighted by Crippen LogP contribution is -2.21. The van der Waals surface area contributed by atoms with E-state index in [0.717, 1.165) is 12.2 Å². The van der Waals surface area contributed by atoms with Crippen LogP contribution in [0.3, 0.4) is 0 Å². The molecule has 0 amide bonds. The molecule has 4 rings (SSSR count). The summed E-state index contributed by atoms with van der Waals surface area (Å²) in [6.07, 6.45) is -20.7. The highest BCUT2D eigenvalue weighted by molar-refractivity contribution is 6.03. The first-order chi connectivity index (χ1) is 23.0. The van der Waals surface area contributed by atoms with Crippen molar-refractivity contribution in [3.63, 3.8) is 0 Å². The first-order valence-electron chi connectivity index (χ1n) is 12.1. The lowest BCUT2D eigenvalue weighted by Gasteiger charge is -2.15. The molecule has 0 aromatic carbocycles. The van der Waals surface area contributed by atoms with Gasteiger partial charge in [0.1, 0.15) is 35.4 Å². The van der Waals surface area contributed by atoms with Crippen molar-refractivity contribution in [1.29, 1.82) is 21.0 Å². The van der Waals surface area contributed by atoms with E-state index in [-0.39, 0.29) is 12.1 Å². The number of nitriles is 4. The number of nitrogens with zero attached hydrogens (tertiary/aromatic N) is 8. The van der Waals surface area contributed by atoms with Gasteiger partial charge in [-0.15, -0.1) is 52.7 Å². The van der Waals surface area contributed by atoms with Crippen LogP contribution >= 0.6 is 0 Å². The summed E-state index contributed by atoms with van der Waals surface area (Å²) in [5.41, 5.74) is -5.85. The first kappa shape index (κ1) is 36.0. The topological polar surface area (TPSA) is 184 Å². The van der Waals surface area contributed by atoms with E-state index in [0.29, 0.717) is 0 Å². The number of ether oxygens (including phenoxy) is 4. The van der Waals surface area contributed by atoms with Gasteiger partial charge < -0.3 is 18.9 Å². The van der Waals surface area contributed by atoms with E-state index in [1.54, 1.807) is 0 Å². The maximum absolute atomic E-state index is 13.0. The monoisotopic (exact) mass is 720 g/mol. The van der Waals surface area contributed by atoms with E-state index in [1.165, 1.54) is 24.3 Å². The zero-order valence-corrected chi connectivity index (χ0v) is 23.1. The van der Waals surface area contributed by atoms with E-state index in [1.807, 2.05) is 0 Å². The van der Waals surface area contributed by atoms with Crippen molar-refractivity contribution < 1.29 is 71.6 Å². The van der Waals surface area contributed by atoms with E-state index in [4.69, 9.17) is 0 Å². The van der Waals surface area contributed by atoms with Crippen LogP contribution in [0, 0.1) is 45.3 Å². The third-order valence-corrected chi connectivity index (χ3v) is 5.61. The molecular weight excluding hydrogens is 716 g/mol. The molecule has 0 radical (unpaired) electrons. The fourth-order valence-corrected chi connectivity index (χ4v) is 4.19. The Balaban J connectivity index is 2.02. The molecule has 0 unspecified atom stereocenters.